The normalized spacial score (nSPS) is 26.8. The van der Waals surface area contributed by atoms with E-state index in [1.807, 2.05) is 0 Å². The molecule has 1 aromatic rings. The molecule has 1 aromatic carbocycles. The molecule has 2 unspecified atom stereocenters. The Hall–Kier alpha value is -0.530. The quantitative estimate of drug-likeness (QED) is 0.730. The van der Waals surface area contributed by atoms with E-state index >= 15 is 0 Å². The second-order valence-electron chi connectivity index (χ2n) is 3.55. The molecule has 2 atom stereocenters. The standard InChI is InChI=1S/C11H15N.ClH/c1-9-11(7-8-12-9)10-5-3-2-4-6-10;/h2-6,9,11-12H,7-8H2,1H3;1H. The minimum absolute atomic E-state index is 0. The van der Waals surface area contributed by atoms with E-state index in [1.165, 1.54) is 18.5 Å². The van der Waals surface area contributed by atoms with Crippen molar-refractivity contribution < 1.29 is 0 Å². The topological polar surface area (TPSA) is 12.0 Å². The first-order valence-corrected chi connectivity index (χ1v) is 4.66. The van der Waals surface area contributed by atoms with E-state index in [1.54, 1.807) is 0 Å². The van der Waals surface area contributed by atoms with Gasteiger partial charge in [0.05, 0.1) is 0 Å². The summed E-state index contributed by atoms with van der Waals surface area (Å²) in [6, 6.07) is 11.4. The fourth-order valence-electron chi connectivity index (χ4n) is 2.01. The lowest BCUT2D eigenvalue weighted by molar-refractivity contribution is 0.594. The molecular formula is C11H16ClN. The van der Waals surface area contributed by atoms with Crippen LogP contribution in [0, 0.1) is 0 Å². The Labute approximate surface area is 86.0 Å². The molecule has 13 heavy (non-hydrogen) atoms. The van der Waals surface area contributed by atoms with Crippen molar-refractivity contribution >= 4 is 12.4 Å². The molecule has 1 N–H and O–H groups in total. The van der Waals surface area contributed by atoms with Crippen molar-refractivity contribution in [3.63, 3.8) is 0 Å². The maximum absolute atomic E-state index is 3.47. The van der Waals surface area contributed by atoms with Gasteiger partial charge in [0.25, 0.3) is 0 Å². The van der Waals surface area contributed by atoms with Crippen molar-refractivity contribution in [1.82, 2.24) is 5.32 Å². The second kappa shape index (κ2) is 4.64. The van der Waals surface area contributed by atoms with Gasteiger partial charge in [0.2, 0.25) is 0 Å². The van der Waals surface area contributed by atoms with Crippen LogP contribution in [0.5, 0.6) is 0 Å². The summed E-state index contributed by atoms with van der Waals surface area (Å²) in [6.45, 7) is 3.44. The Balaban J connectivity index is 0.000000845. The lowest BCUT2D eigenvalue weighted by Crippen LogP contribution is -2.21. The molecular weight excluding hydrogens is 182 g/mol. The fourth-order valence-corrected chi connectivity index (χ4v) is 2.01. The van der Waals surface area contributed by atoms with Crippen LogP contribution in [0.4, 0.5) is 0 Å². The van der Waals surface area contributed by atoms with Gasteiger partial charge in [0, 0.05) is 12.0 Å². The molecule has 1 aliphatic heterocycles. The van der Waals surface area contributed by atoms with Crippen LogP contribution in [-0.2, 0) is 0 Å². The van der Waals surface area contributed by atoms with Gasteiger partial charge < -0.3 is 5.32 Å². The molecule has 1 saturated heterocycles. The summed E-state index contributed by atoms with van der Waals surface area (Å²) >= 11 is 0. The smallest absolute Gasteiger partial charge is 0.0108 e. The first-order chi connectivity index (χ1) is 5.88. The Bertz CT molecular complexity index is 248. The Kier molecular flexibility index (Phi) is 3.76. The highest BCUT2D eigenvalue weighted by Gasteiger charge is 2.23. The molecule has 1 fully saturated rings. The first-order valence-electron chi connectivity index (χ1n) is 4.66. The van der Waals surface area contributed by atoms with Gasteiger partial charge in [-0.25, -0.2) is 0 Å². The lowest BCUT2D eigenvalue weighted by atomic mass is 9.93. The number of hydrogen-bond donors (Lipinski definition) is 1. The first kappa shape index (κ1) is 10.6. The summed E-state index contributed by atoms with van der Waals surface area (Å²) in [4.78, 5) is 0. The zero-order valence-corrected chi connectivity index (χ0v) is 8.68. The summed E-state index contributed by atoms with van der Waals surface area (Å²) in [6.07, 6.45) is 1.28. The minimum atomic E-state index is 0. The van der Waals surface area contributed by atoms with Crippen LogP contribution in [0.25, 0.3) is 0 Å². The zero-order chi connectivity index (χ0) is 8.39. The van der Waals surface area contributed by atoms with Crippen molar-refractivity contribution in [3.8, 4) is 0 Å². The predicted molar refractivity (Wildman–Crippen MR) is 58.5 cm³/mol. The maximum atomic E-state index is 3.47. The number of halogens is 1. The van der Waals surface area contributed by atoms with Crippen LogP contribution in [0.15, 0.2) is 30.3 Å². The molecule has 2 rings (SSSR count). The van der Waals surface area contributed by atoms with E-state index < -0.39 is 0 Å². The molecule has 1 nitrogen and oxygen atoms in total. The maximum Gasteiger partial charge on any atom is 0.0108 e. The van der Waals surface area contributed by atoms with Gasteiger partial charge >= 0.3 is 0 Å². The van der Waals surface area contributed by atoms with E-state index in [0.717, 1.165) is 5.92 Å². The summed E-state index contributed by atoms with van der Waals surface area (Å²) in [5, 5.41) is 3.47. The summed E-state index contributed by atoms with van der Waals surface area (Å²) in [5.41, 5.74) is 1.48. The van der Waals surface area contributed by atoms with Crippen molar-refractivity contribution in [2.24, 2.45) is 0 Å². The third-order valence-electron chi connectivity index (χ3n) is 2.75. The predicted octanol–water partition coefficient (Wildman–Crippen LogP) is 2.57. The second-order valence-corrected chi connectivity index (χ2v) is 3.55. The average molecular weight is 198 g/mol. The van der Waals surface area contributed by atoms with Crippen LogP contribution in [0.2, 0.25) is 0 Å². The largest absolute Gasteiger partial charge is 0.314 e. The Morgan fingerprint density at radius 3 is 2.46 bits per heavy atom. The summed E-state index contributed by atoms with van der Waals surface area (Å²) in [7, 11) is 0. The number of nitrogens with one attached hydrogen (secondary N) is 1. The van der Waals surface area contributed by atoms with Crippen molar-refractivity contribution in [2.45, 2.75) is 25.3 Å². The molecule has 1 aliphatic rings. The van der Waals surface area contributed by atoms with Crippen LogP contribution in [0.3, 0.4) is 0 Å². The molecule has 0 saturated carbocycles. The van der Waals surface area contributed by atoms with Crippen molar-refractivity contribution in [2.75, 3.05) is 6.54 Å². The van der Waals surface area contributed by atoms with Gasteiger partial charge in [0.1, 0.15) is 0 Å². The summed E-state index contributed by atoms with van der Waals surface area (Å²) < 4.78 is 0. The molecule has 0 spiro atoms. The highest BCUT2D eigenvalue weighted by atomic mass is 35.5. The highest BCUT2D eigenvalue weighted by Crippen LogP contribution is 2.26. The Morgan fingerprint density at radius 2 is 1.92 bits per heavy atom. The van der Waals surface area contributed by atoms with Crippen LogP contribution < -0.4 is 5.32 Å². The SMILES string of the molecule is CC1NCCC1c1ccccc1.Cl. The average Bonchev–Trinajstić information content (AvgIpc) is 2.53. The number of benzene rings is 1. The molecule has 1 heterocycles. The van der Waals surface area contributed by atoms with Gasteiger partial charge in [-0.05, 0) is 25.5 Å². The molecule has 0 radical (unpaired) electrons. The van der Waals surface area contributed by atoms with Gasteiger partial charge in [0.15, 0.2) is 0 Å². The van der Waals surface area contributed by atoms with E-state index in [2.05, 4.69) is 42.6 Å². The van der Waals surface area contributed by atoms with E-state index in [9.17, 15) is 0 Å². The third-order valence-corrected chi connectivity index (χ3v) is 2.75. The minimum Gasteiger partial charge on any atom is -0.314 e. The monoisotopic (exact) mass is 197 g/mol. The number of hydrogen-bond acceptors (Lipinski definition) is 1. The van der Waals surface area contributed by atoms with Gasteiger partial charge in [-0.1, -0.05) is 30.3 Å². The van der Waals surface area contributed by atoms with E-state index in [4.69, 9.17) is 0 Å². The van der Waals surface area contributed by atoms with Gasteiger partial charge in [-0.3, -0.25) is 0 Å². The molecule has 0 aliphatic carbocycles. The number of rotatable bonds is 1. The molecule has 0 aromatic heterocycles. The Morgan fingerprint density at radius 1 is 1.23 bits per heavy atom. The highest BCUT2D eigenvalue weighted by molar-refractivity contribution is 5.85. The van der Waals surface area contributed by atoms with E-state index in [-0.39, 0.29) is 12.4 Å². The summed E-state index contributed by atoms with van der Waals surface area (Å²) in [5.74, 6) is 0.728. The van der Waals surface area contributed by atoms with E-state index in [0.29, 0.717) is 6.04 Å². The molecule has 0 bridgehead atoms. The van der Waals surface area contributed by atoms with Gasteiger partial charge in [-0.15, -0.1) is 12.4 Å². The van der Waals surface area contributed by atoms with Crippen molar-refractivity contribution in [1.29, 1.82) is 0 Å². The van der Waals surface area contributed by atoms with Crippen molar-refractivity contribution in [3.05, 3.63) is 35.9 Å². The van der Waals surface area contributed by atoms with Crippen LogP contribution >= 0.6 is 12.4 Å². The molecule has 0 amide bonds. The molecule has 72 valence electrons. The third kappa shape index (κ3) is 2.23. The van der Waals surface area contributed by atoms with Crippen LogP contribution in [0.1, 0.15) is 24.8 Å². The fraction of sp³-hybridized carbons (Fsp3) is 0.455. The zero-order valence-electron chi connectivity index (χ0n) is 7.86. The lowest BCUT2D eigenvalue weighted by Gasteiger charge is -2.14. The van der Waals surface area contributed by atoms with Gasteiger partial charge in [-0.2, -0.15) is 0 Å². The molecule has 2 heteroatoms. The van der Waals surface area contributed by atoms with Crippen LogP contribution in [-0.4, -0.2) is 12.6 Å².